The van der Waals surface area contributed by atoms with Crippen molar-refractivity contribution < 1.29 is 14.3 Å². The van der Waals surface area contributed by atoms with E-state index in [0.717, 1.165) is 42.9 Å². The Labute approximate surface area is 134 Å². The summed E-state index contributed by atoms with van der Waals surface area (Å²) in [5, 5.41) is 0. The van der Waals surface area contributed by atoms with Crippen molar-refractivity contribution in [3.63, 3.8) is 0 Å². The number of aldehydes is 1. The number of benzene rings is 1. The number of carbonyl (C=O) groups excluding carboxylic acids is 1. The Bertz CT molecular complexity index is 497. The molecule has 1 saturated carbocycles. The van der Waals surface area contributed by atoms with E-state index >= 15 is 0 Å². The molecule has 0 amide bonds. The van der Waals surface area contributed by atoms with Crippen LogP contribution in [0.4, 0.5) is 0 Å². The predicted octanol–water partition coefficient (Wildman–Crippen LogP) is 3.74. The van der Waals surface area contributed by atoms with Gasteiger partial charge in [0, 0.05) is 22.7 Å². The summed E-state index contributed by atoms with van der Waals surface area (Å²) in [6.07, 6.45) is 5.85. The number of carbonyl (C=O) groups is 1. The molecule has 1 aliphatic carbocycles. The van der Waals surface area contributed by atoms with Gasteiger partial charge in [-0.05, 0) is 37.3 Å². The molecule has 1 aromatic rings. The van der Waals surface area contributed by atoms with E-state index in [4.69, 9.17) is 9.47 Å². The fraction of sp³-hybridized carbons (Fsp3) is 0.588. The summed E-state index contributed by atoms with van der Waals surface area (Å²) in [7, 11) is 0. The van der Waals surface area contributed by atoms with E-state index in [1.54, 1.807) is 0 Å². The molecule has 0 unspecified atom stereocenters. The molecule has 4 heteroatoms. The van der Waals surface area contributed by atoms with Crippen LogP contribution in [-0.2, 0) is 20.7 Å². The Hall–Kier alpha value is -0.710. The molecule has 0 bridgehead atoms. The molecule has 1 aromatic carbocycles. The van der Waals surface area contributed by atoms with E-state index < -0.39 is 5.79 Å². The lowest BCUT2D eigenvalue weighted by Gasteiger charge is -2.42. The van der Waals surface area contributed by atoms with Crippen molar-refractivity contribution in [3.8, 4) is 0 Å². The summed E-state index contributed by atoms with van der Waals surface area (Å²) in [5.74, 6) is -0.289. The van der Waals surface area contributed by atoms with E-state index in [1.165, 1.54) is 5.56 Å². The van der Waals surface area contributed by atoms with Crippen LogP contribution in [0.1, 0.15) is 31.2 Å². The molecular weight excluding hydrogens is 332 g/mol. The molecule has 2 aliphatic rings. The first-order valence-electron chi connectivity index (χ1n) is 7.72. The second-order valence-electron chi connectivity index (χ2n) is 5.94. The van der Waals surface area contributed by atoms with E-state index in [2.05, 4.69) is 34.1 Å². The molecule has 1 spiro atoms. The molecule has 114 valence electrons. The zero-order chi connectivity index (χ0) is 14.7. The van der Waals surface area contributed by atoms with Crippen LogP contribution in [0.5, 0.6) is 0 Å². The molecule has 3 rings (SSSR count). The first-order chi connectivity index (χ1) is 10.2. The average molecular weight is 353 g/mol. The van der Waals surface area contributed by atoms with E-state index in [1.807, 2.05) is 6.07 Å². The van der Waals surface area contributed by atoms with Gasteiger partial charge < -0.3 is 14.3 Å². The van der Waals surface area contributed by atoms with Gasteiger partial charge in [0.05, 0.1) is 13.2 Å². The maximum absolute atomic E-state index is 11.5. The normalized spacial score (nSPS) is 27.9. The monoisotopic (exact) mass is 352 g/mol. The molecule has 1 aliphatic heterocycles. The van der Waals surface area contributed by atoms with Gasteiger partial charge in [0.15, 0.2) is 5.79 Å². The zero-order valence-electron chi connectivity index (χ0n) is 12.1. The van der Waals surface area contributed by atoms with E-state index in [9.17, 15) is 4.79 Å². The van der Waals surface area contributed by atoms with Crippen LogP contribution < -0.4 is 0 Å². The summed E-state index contributed by atoms with van der Waals surface area (Å²) in [4.78, 5) is 11.5. The smallest absolute Gasteiger partial charge is 0.171 e. The number of hydrogen-bond donors (Lipinski definition) is 0. The molecule has 2 fully saturated rings. The number of halogens is 1. The average Bonchev–Trinajstić information content (AvgIpc) is 2.96. The van der Waals surface area contributed by atoms with Gasteiger partial charge >= 0.3 is 0 Å². The molecule has 0 aromatic heterocycles. The first-order valence-corrected chi connectivity index (χ1v) is 8.51. The summed E-state index contributed by atoms with van der Waals surface area (Å²) in [6.45, 7) is 1.30. The van der Waals surface area contributed by atoms with Gasteiger partial charge in [-0.3, -0.25) is 0 Å². The van der Waals surface area contributed by atoms with Crippen LogP contribution in [0.2, 0.25) is 0 Å². The van der Waals surface area contributed by atoms with E-state index in [0.29, 0.717) is 13.2 Å². The molecule has 3 nitrogen and oxygen atoms in total. The predicted molar refractivity (Wildman–Crippen MR) is 84.0 cm³/mol. The molecular formula is C17H21BrO3. The molecule has 21 heavy (non-hydrogen) atoms. The highest BCUT2D eigenvalue weighted by atomic mass is 79.9. The largest absolute Gasteiger partial charge is 0.347 e. The number of hydrogen-bond acceptors (Lipinski definition) is 3. The highest BCUT2D eigenvalue weighted by Crippen LogP contribution is 2.45. The van der Waals surface area contributed by atoms with Gasteiger partial charge in [0.2, 0.25) is 0 Å². The number of ether oxygens (including phenoxy) is 2. The lowest BCUT2D eigenvalue weighted by molar-refractivity contribution is -0.224. The minimum absolute atomic E-state index is 0.0549. The van der Waals surface area contributed by atoms with Crippen LogP contribution in [0.3, 0.4) is 0 Å². The minimum atomic E-state index is -0.509. The second kappa shape index (κ2) is 6.59. The van der Waals surface area contributed by atoms with Crippen LogP contribution in [0.25, 0.3) is 0 Å². The molecule has 0 N–H and O–H groups in total. The number of rotatable bonds is 4. The van der Waals surface area contributed by atoms with Gasteiger partial charge in [0.1, 0.15) is 6.29 Å². The third kappa shape index (κ3) is 3.08. The molecule has 0 radical (unpaired) electrons. The van der Waals surface area contributed by atoms with E-state index in [-0.39, 0.29) is 11.8 Å². The van der Waals surface area contributed by atoms with Crippen LogP contribution in [0.15, 0.2) is 28.7 Å². The Morgan fingerprint density at radius 2 is 2.05 bits per heavy atom. The lowest BCUT2D eigenvalue weighted by Crippen LogP contribution is -2.47. The summed E-state index contributed by atoms with van der Waals surface area (Å²) in [6, 6.07) is 8.27. The van der Waals surface area contributed by atoms with Crippen molar-refractivity contribution in [2.45, 2.75) is 37.9 Å². The Kier molecular flexibility index (Phi) is 4.77. The fourth-order valence-corrected chi connectivity index (χ4v) is 4.22. The second-order valence-corrected chi connectivity index (χ2v) is 6.79. The van der Waals surface area contributed by atoms with Gasteiger partial charge in [-0.1, -0.05) is 34.1 Å². The molecule has 1 heterocycles. The highest BCUT2D eigenvalue weighted by molar-refractivity contribution is 9.10. The summed E-state index contributed by atoms with van der Waals surface area (Å²) in [5.41, 5.74) is 1.28. The highest BCUT2D eigenvalue weighted by Gasteiger charge is 2.49. The standard InChI is InChI=1S/C17H21BrO3/c18-16-6-2-1-4-13(16)7-8-15-14(12-19)5-3-9-17(15)20-10-11-21-17/h1-2,4,6,12,14-15H,3,5,7-11H2/t14-,15-/m0/s1. The third-order valence-electron chi connectivity index (χ3n) is 4.78. The lowest BCUT2D eigenvalue weighted by atomic mass is 9.73. The maximum atomic E-state index is 11.5. The Morgan fingerprint density at radius 3 is 2.76 bits per heavy atom. The Morgan fingerprint density at radius 1 is 1.29 bits per heavy atom. The summed E-state index contributed by atoms with van der Waals surface area (Å²) >= 11 is 3.60. The summed E-state index contributed by atoms with van der Waals surface area (Å²) < 4.78 is 13.0. The topological polar surface area (TPSA) is 35.5 Å². The minimum Gasteiger partial charge on any atom is -0.347 e. The van der Waals surface area contributed by atoms with Gasteiger partial charge in [-0.2, -0.15) is 0 Å². The van der Waals surface area contributed by atoms with Crippen molar-refractivity contribution in [1.82, 2.24) is 0 Å². The first kappa shape index (κ1) is 15.2. The maximum Gasteiger partial charge on any atom is 0.171 e. The van der Waals surface area contributed by atoms with Crippen LogP contribution in [-0.4, -0.2) is 25.3 Å². The van der Waals surface area contributed by atoms with Crippen molar-refractivity contribution in [2.24, 2.45) is 11.8 Å². The molecule has 2 atom stereocenters. The van der Waals surface area contributed by atoms with Crippen LogP contribution >= 0.6 is 15.9 Å². The molecule has 1 saturated heterocycles. The van der Waals surface area contributed by atoms with Gasteiger partial charge in [-0.25, -0.2) is 0 Å². The van der Waals surface area contributed by atoms with Crippen LogP contribution in [0, 0.1) is 11.8 Å². The van der Waals surface area contributed by atoms with Crippen molar-refractivity contribution in [2.75, 3.05) is 13.2 Å². The van der Waals surface area contributed by atoms with Gasteiger partial charge in [-0.15, -0.1) is 0 Å². The number of aryl methyl sites for hydroxylation is 1. The van der Waals surface area contributed by atoms with Crippen molar-refractivity contribution in [3.05, 3.63) is 34.3 Å². The van der Waals surface area contributed by atoms with Gasteiger partial charge in [0.25, 0.3) is 0 Å². The Balaban J connectivity index is 1.76. The zero-order valence-corrected chi connectivity index (χ0v) is 13.7. The SMILES string of the molecule is O=C[C@@H]1CCCC2(OCCO2)[C@H]1CCc1ccccc1Br. The third-order valence-corrected chi connectivity index (χ3v) is 5.55. The van der Waals surface area contributed by atoms with Crippen molar-refractivity contribution >= 4 is 22.2 Å². The van der Waals surface area contributed by atoms with Crippen molar-refractivity contribution in [1.29, 1.82) is 0 Å². The fourth-order valence-electron chi connectivity index (χ4n) is 3.73. The quantitative estimate of drug-likeness (QED) is 0.774.